The van der Waals surface area contributed by atoms with Gasteiger partial charge in [-0.15, -0.1) is 0 Å². The number of carbonyl (C=O) groups is 1. The van der Waals surface area contributed by atoms with E-state index in [1.165, 1.54) is 0 Å². The number of ether oxygens (including phenoxy) is 13. The Morgan fingerprint density at radius 1 is 0.364 bits per heavy atom. The van der Waals surface area contributed by atoms with Crippen molar-refractivity contribution in [3.05, 3.63) is 0 Å². The van der Waals surface area contributed by atoms with E-state index in [2.05, 4.69) is 0 Å². The molecule has 1 N–H and O–H groups in total. The Hall–Kier alpha value is -1.05. The van der Waals surface area contributed by atoms with Gasteiger partial charge in [0.25, 0.3) is 0 Å². The summed E-state index contributed by atoms with van der Waals surface area (Å²) >= 11 is 0. The van der Waals surface area contributed by atoms with Gasteiger partial charge in [-0.05, 0) is 13.8 Å². The second-order valence-corrected chi connectivity index (χ2v) is 9.10. The van der Waals surface area contributed by atoms with E-state index in [1.54, 1.807) is 0 Å². The summed E-state index contributed by atoms with van der Waals surface area (Å²) in [5.41, 5.74) is 0. The molecule has 0 heterocycles. The van der Waals surface area contributed by atoms with Crippen molar-refractivity contribution in [2.75, 3.05) is 165 Å². The van der Waals surface area contributed by atoms with E-state index in [9.17, 15) is 4.79 Å². The summed E-state index contributed by atoms with van der Waals surface area (Å²) in [7, 11) is 0. The van der Waals surface area contributed by atoms with Crippen LogP contribution >= 0.6 is 0 Å². The van der Waals surface area contributed by atoms with Gasteiger partial charge in [-0.2, -0.15) is 0 Å². The molecular formula is C29H58O15. The molecule has 0 aromatic carbocycles. The maximum atomic E-state index is 10.3. The summed E-state index contributed by atoms with van der Waals surface area (Å²) in [6.45, 7) is 15.3. The molecule has 0 atom stereocenters. The van der Waals surface area contributed by atoms with Gasteiger partial charge in [0.2, 0.25) is 0 Å². The fourth-order valence-corrected chi connectivity index (χ4v) is 2.92. The minimum absolute atomic E-state index is 0.226. The van der Waals surface area contributed by atoms with E-state index in [4.69, 9.17) is 66.7 Å². The Morgan fingerprint density at radius 3 is 0.727 bits per heavy atom. The van der Waals surface area contributed by atoms with E-state index >= 15 is 0 Å². The van der Waals surface area contributed by atoms with Gasteiger partial charge >= 0.3 is 5.97 Å². The van der Waals surface area contributed by atoms with Crippen LogP contribution in [0.2, 0.25) is 0 Å². The van der Waals surface area contributed by atoms with Gasteiger partial charge in [0.05, 0.1) is 165 Å². The molecule has 0 rings (SSSR count). The summed E-state index contributed by atoms with van der Waals surface area (Å²) < 4.78 is 69.8. The maximum absolute atomic E-state index is 10.3. The highest BCUT2D eigenvalue weighted by Crippen LogP contribution is 1.89. The molecule has 15 nitrogen and oxygen atoms in total. The normalized spacial score (nSPS) is 11.6. The second kappa shape index (κ2) is 38.1. The lowest BCUT2D eigenvalue weighted by Gasteiger charge is -2.09. The lowest BCUT2D eigenvalue weighted by Crippen LogP contribution is -2.16. The first-order valence-corrected chi connectivity index (χ1v) is 15.4. The molecule has 0 saturated heterocycles. The SMILES string of the molecule is CC(C)OCCOCCOCCOCCOCCOCCOCCOCCOCCOCCOCCOCCOCC(=O)O. The molecule has 15 heteroatoms. The van der Waals surface area contributed by atoms with E-state index in [-0.39, 0.29) is 19.3 Å². The van der Waals surface area contributed by atoms with Gasteiger partial charge < -0.3 is 66.7 Å². The largest absolute Gasteiger partial charge is 0.480 e. The summed E-state index contributed by atoms with van der Waals surface area (Å²) in [6, 6.07) is 0. The van der Waals surface area contributed by atoms with Crippen molar-refractivity contribution in [1.82, 2.24) is 0 Å². The summed E-state index contributed by atoms with van der Waals surface area (Å²) in [6.07, 6.45) is 0.226. The molecule has 0 aliphatic carbocycles. The third kappa shape index (κ3) is 41.0. The number of aliphatic carboxylic acids is 1. The van der Waals surface area contributed by atoms with E-state index in [0.29, 0.717) is 152 Å². The van der Waals surface area contributed by atoms with Crippen LogP contribution in [0.5, 0.6) is 0 Å². The topological polar surface area (TPSA) is 157 Å². The zero-order valence-corrected chi connectivity index (χ0v) is 26.9. The van der Waals surface area contributed by atoms with Crippen molar-refractivity contribution in [2.24, 2.45) is 0 Å². The van der Waals surface area contributed by atoms with Gasteiger partial charge in [-0.25, -0.2) is 4.79 Å². The molecule has 264 valence electrons. The molecule has 0 radical (unpaired) electrons. The van der Waals surface area contributed by atoms with Crippen LogP contribution in [0.3, 0.4) is 0 Å². The number of hydrogen-bond acceptors (Lipinski definition) is 14. The third-order valence-corrected chi connectivity index (χ3v) is 5.00. The minimum Gasteiger partial charge on any atom is -0.480 e. The predicted molar refractivity (Wildman–Crippen MR) is 159 cm³/mol. The fraction of sp³-hybridized carbons (Fsp3) is 0.966. The van der Waals surface area contributed by atoms with Crippen LogP contribution in [-0.2, 0) is 66.4 Å². The van der Waals surface area contributed by atoms with Gasteiger partial charge in [0.15, 0.2) is 0 Å². The van der Waals surface area contributed by atoms with Crippen LogP contribution in [-0.4, -0.2) is 182 Å². The molecule has 44 heavy (non-hydrogen) atoms. The standard InChI is InChI=1S/C29H58O15/c1-28(2)44-26-25-42-22-21-40-18-17-38-14-13-36-10-9-34-6-5-32-3-4-33-7-8-35-11-12-37-15-16-39-19-20-41-23-24-43-27-29(30)31/h28H,3-27H2,1-2H3,(H,30,31). The molecule has 0 unspecified atom stereocenters. The lowest BCUT2D eigenvalue weighted by molar-refractivity contribution is -0.142. The highest BCUT2D eigenvalue weighted by molar-refractivity contribution is 5.67. The minimum atomic E-state index is -0.996. The first kappa shape index (κ1) is 43.0. The average molecular weight is 647 g/mol. The summed E-state index contributed by atoms with van der Waals surface area (Å²) in [5.74, 6) is -0.996. The van der Waals surface area contributed by atoms with E-state index in [0.717, 1.165) is 0 Å². The van der Waals surface area contributed by atoms with Gasteiger partial charge in [-0.1, -0.05) is 0 Å². The second-order valence-electron chi connectivity index (χ2n) is 9.10. The number of carboxylic acids is 1. The van der Waals surface area contributed by atoms with E-state index < -0.39 is 5.97 Å². The molecular weight excluding hydrogens is 588 g/mol. The van der Waals surface area contributed by atoms with Crippen molar-refractivity contribution in [3.63, 3.8) is 0 Å². The zero-order chi connectivity index (χ0) is 32.0. The molecule has 0 spiro atoms. The molecule has 0 amide bonds. The quantitative estimate of drug-likeness (QED) is 0.0930. The molecule has 0 aliphatic rings. The fourth-order valence-electron chi connectivity index (χ4n) is 2.92. The number of rotatable bonds is 39. The Morgan fingerprint density at radius 2 is 0.545 bits per heavy atom. The van der Waals surface area contributed by atoms with Gasteiger partial charge in [0, 0.05) is 0 Å². The highest BCUT2D eigenvalue weighted by atomic mass is 16.6. The van der Waals surface area contributed by atoms with Gasteiger partial charge in [-0.3, -0.25) is 0 Å². The smallest absolute Gasteiger partial charge is 0.329 e. The van der Waals surface area contributed by atoms with Gasteiger partial charge in [0.1, 0.15) is 6.61 Å². The number of carboxylic acid groups (broad SMARTS) is 1. The third-order valence-electron chi connectivity index (χ3n) is 5.00. The Bertz CT molecular complexity index is 557. The Balaban J connectivity index is 3.04. The van der Waals surface area contributed by atoms with Crippen molar-refractivity contribution >= 4 is 5.97 Å². The highest BCUT2D eigenvalue weighted by Gasteiger charge is 1.98. The van der Waals surface area contributed by atoms with Crippen LogP contribution in [0, 0.1) is 0 Å². The summed E-state index contributed by atoms with van der Waals surface area (Å²) in [4.78, 5) is 10.3. The van der Waals surface area contributed by atoms with E-state index in [1.807, 2.05) is 13.8 Å². The van der Waals surface area contributed by atoms with Crippen molar-refractivity contribution < 1.29 is 71.5 Å². The Kier molecular flexibility index (Phi) is 37.2. The molecule has 0 aromatic rings. The molecule has 0 saturated carbocycles. The number of hydrogen-bond donors (Lipinski definition) is 1. The first-order valence-electron chi connectivity index (χ1n) is 15.4. The zero-order valence-electron chi connectivity index (χ0n) is 26.9. The van der Waals surface area contributed by atoms with Crippen molar-refractivity contribution in [3.8, 4) is 0 Å². The predicted octanol–water partition coefficient (Wildman–Crippen LogP) is 0.695. The van der Waals surface area contributed by atoms with Crippen LogP contribution in [0.25, 0.3) is 0 Å². The van der Waals surface area contributed by atoms with Crippen LogP contribution in [0.1, 0.15) is 13.8 Å². The first-order chi connectivity index (χ1) is 21.6. The monoisotopic (exact) mass is 646 g/mol. The van der Waals surface area contributed by atoms with Crippen LogP contribution < -0.4 is 0 Å². The van der Waals surface area contributed by atoms with Crippen LogP contribution in [0.4, 0.5) is 0 Å². The molecule has 0 aromatic heterocycles. The summed E-state index contributed by atoms with van der Waals surface area (Å²) in [5, 5.41) is 8.42. The average Bonchev–Trinajstić information content (AvgIpc) is 3.00. The molecule has 0 bridgehead atoms. The van der Waals surface area contributed by atoms with Crippen molar-refractivity contribution in [2.45, 2.75) is 20.0 Å². The molecule has 0 aliphatic heterocycles. The molecule has 0 fully saturated rings. The van der Waals surface area contributed by atoms with Crippen LogP contribution in [0.15, 0.2) is 0 Å². The Labute approximate surface area is 262 Å². The lowest BCUT2D eigenvalue weighted by atomic mass is 10.5. The maximum Gasteiger partial charge on any atom is 0.329 e. The van der Waals surface area contributed by atoms with Crippen molar-refractivity contribution in [1.29, 1.82) is 0 Å².